The molecule has 9 heteroatoms. The Balaban J connectivity index is 1.55. The number of carbonyl (C=O) groups excluding carboxylic acids is 3. The van der Waals surface area contributed by atoms with E-state index in [0.717, 1.165) is 22.2 Å². The van der Waals surface area contributed by atoms with Crippen LogP contribution in [-0.4, -0.2) is 40.0 Å². The van der Waals surface area contributed by atoms with Crippen LogP contribution in [0.5, 0.6) is 0 Å². The van der Waals surface area contributed by atoms with Gasteiger partial charge in [-0.25, -0.2) is 0 Å². The number of amides is 3. The van der Waals surface area contributed by atoms with Gasteiger partial charge in [-0.3, -0.25) is 24.3 Å². The lowest BCUT2D eigenvalue weighted by atomic mass is 10.2. The summed E-state index contributed by atoms with van der Waals surface area (Å²) in [6.45, 7) is 0.214. The number of rotatable bonds is 6. The van der Waals surface area contributed by atoms with Crippen LogP contribution in [0.4, 0.5) is 4.79 Å². The quantitative estimate of drug-likeness (QED) is 0.669. The van der Waals surface area contributed by atoms with Gasteiger partial charge >= 0.3 is 0 Å². The number of hydrogen-bond acceptors (Lipinski definition) is 5. The standard InChI is InChI=1S/C20H15Cl2N3O3S/c21-15-5-4-14(16(22)11-15)10-17-19(27)25(20(28)29-17)9-8-24-18(26)6-3-13-2-1-7-23-12-13/h1-7,10-12H,8-9H2,(H,24,26)/b6-3+,17-10+. The van der Waals surface area contributed by atoms with Gasteiger partial charge in [0, 0.05) is 41.6 Å². The van der Waals surface area contributed by atoms with Crippen molar-refractivity contribution < 1.29 is 14.4 Å². The van der Waals surface area contributed by atoms with E-state index >= 15 is 0 Å². The molecule has 1 fully saturated rings. The van der Waals surface area contributed by atoms with Crippen molar-refractivity contribution in [1.82, 2.24) is 15.2 Å². The SMILES string of the molecule is O=C(/C=C/c1cccnc1)NCCN1C(=O)S/C(=C/c2ccc(Cl)cc2Cl)C1=O. The Morgan fingerprint density at radius 1 is 1.24 bits per heavy atom. The number of nitrogens with one attached hydrogen (secondary N) is 1. The summed E-state index contributed by atoms with van der Waals surface area (Å²) in [5.74, 6) is -0.754. The van der Waals surface area contributed by atoms with Gasteiger partial charge in [-0.05, 0) is 53.2 Å². The van der Waals surface area contributed by atoms with Crippen molar-refractivity contribution in [2.45, 2.75) is 0 Å². The third kappa shape index (κ3) is 5.69. The highest BCUT2D eigenvalue weighted by atomic mass is 35.5. The fourth-order valence-electron chi connectivity index (χ4n) is 2.45. The highest BCUT2D eigenvalue weighted by molar-refractivity contribution is 8.18. The van der Waals surface area contributed by atoms with E-state index in [1.165, 1.54) is 6.08 Å². The number of aromatic nitrogens is 1. The molecule has 0 bridgehead atoms. The number of pyridine rings is 1. The molecular formula is C20H15Cl2N3O3S. The molecule has 2 heterocycles. The lowest BCUT2D eigenvalue weighted by Crippen LogP contribution is -2.36. The van der Waals surface area contributed by atoms with Crippen LogP contribution in [0.15, 0.2) is 53.7 Å². The van der Waals surface area contributed by atoms with E-state index in [1.807, 2.05) is 6.07 Å². The Kier molecular flexibility index (Phi) is 7.09. The van der Waals surface area contributed by atoms with Crippen molar-refractivity contribution in [3.05, 3.63) is 74.9 Å². The molecule has 1 N–H and O–H groups in total. The molecule has 1 aromatic carbocycles. The summed E-state index contributed by atoms with van der Waals surface area (Å²) in [5.41, 5.74) is 1.38. The van der Waals surface area contributed by atoms with Crippen LogP contribution in [0.2, 0.25) is 10.0 Å². The van der Waals surface area contributed by atoms with Crippen molar-refractivity contribution in [1.29, 1.82) is 0 Å². The molecule has 6 nitrogen and oxygen atoms in total. The maximum atomic E-state index is 12.5. The van der Waals surface area contributed by atoms with E-state index < -0.39 is 11.1 Å². The normalized spacial score (nSPS) is 15.5. The van der Waals surface area contributed by atoms with Crippen molar-refractivity contribution in [3.63, 3.8) is 0 Å². The molecule has 0 atom stereocenters. The Morgan fingerprint density at radius 3 is 2.79 bits per heavy atom. The fraction of sp³-hybridized carbons (Fsp3) is 0.100. The number of benzene rings is 1. The molecular weight excluding hydrogens is 433 g/mol. The first-order valence-corrected chi connectivity index (χ1v) is 10.1. The average Bonchev–Trinajstić information content (AvgIpc) is 2.96. The smallest absolute Gasteiger partial charge is 0.293 e. The summed E-state index contributed by atoms with van der Waals surface area (Å²) in [5, 5.41) is 3.11. The minimum atomic E-state index is -0.425. The van der Waals surface area contributed by atoms with E-state index in [9.17, 15) is 14.4 Å². The number of nitrogens with zero attached hydrogens (tertiary/aromatic N) is 2. The summed E-state index contributed by atoms with van der Waals surface area (Å²) >= 11 is 12.8. The van der Waals surface area contributed by atoms with Gasteiger partial charge in [-0.2, -0.15) is 0 Å². The van der Waals surface area contributed by atoms with Gasteiger partial charge in [-0.1, -0.05) is 35.3 Å². The van der Waals surface area contributed by atoms with Crippen LogP contribution in [0, 0.1) is 0 Å². The second-order valence-corrected chi connectivity index (χ2v) is 7.75. The third-order valence-electron chi connectivity index (χ3n) is 3.87. The van der Waals surface area contributed by atoms with E-state index in [-0.39, 0.29) is 23.9 Å². The predicted molar refractivity (Wildman–Crippen MR) is 115 cm³/mol. The van der Waals surface area contributed by atoms with E-state index in [0.29, 0.717) is 15.6 Å². The molecule has 0 saturated carbocycles. The first-order valence-electron chi connectivity index (χ1n) is 8.50. The Labute approximate surface area is 181 Å². The van der Waals surface area contributed by atoms with Crippen LogP contribution in [0.1, 0.15) is 11.1 Å². The van der Waals surface area contributed by atoms with Crippen LogP contribution < -0.4 is 5.32 Å². The third-order valence-corrected chi connectivity index (χ3v) is 5.34. The van der Waals surface area contributed by atoms with Gasteiger partial charge in [0.15, 0.2) is 0 Å². The van der Waals surface area contributed by atoms with Crippen molar-refractivity contribution in [3.8, 4) is 0 Å². The van der Waals surface area contributed by atoms with Crippen LogP contribution >= 0.6 is 35.0 Å². The lowest BCUT2D eigenvalue weighted by Gasteiger charge is -2.12. The van der Waals surface area contributed by atoms with E-state index in [4.69, 9.17) is 23.2 Å². The minimum Gasteiger partial charge on any atom is -0.351 e. The number of carbonyl (C=O) groups is 3. The minimum absolute atomic E-state index is 0.0723. The number of thioether (sulfide) groups is 1. The van der Waals surface area contributed by atoms with Gasteiger partial charge in [0.05, 0.1) is 4.91 Å². The maximum Gasteiger partial charge on any atom is 0.293 e. The molecule has 1 saturated heterocycles. The monoisotopic (exact) mass is 447 g/mol. The zero-order valence-corrected chi connectivity index (χ0v) is 17.3. The molecule has 3 amide bonds. The Bertz CT molecular complexity index is 1010. The Hall–Kier alpha value is -2.61. The molecule has 1 aliphatic heterocycles. The highest BCUT2D eigenvalue weighted by Gasteiger charge is 2.34. The molecule has 29 heavy (non-hydrogen) atoms. The first kappa shape index (κ1) is 21.1. The summed E-state index contributed by atoms with van der Waals surface area (Å²) in [6.07, 6.45) is 7.82. The number of halogens is 2. The summed E-state index contributed by atoms with van der Waals surface area (Å²) in [6, 6.07) is 8.47. The summed E-state index contributed by atoms with van der Waals surface area (Å²) in [4.78, 5) is 41.8. The number of hydrogen-bond donors (Lipinski definition) is 1. The highest BCUT2D eigenvalue weighted by Crippen LogP contribution is 2.33. The zero-order valence-electron chi connectivity index (χ0n) is 15.0. The van der Waals surface area contributed by atoms with Gasteiger partial charge in [0.2, 0.25) is 5.91 Å². The molecule has 3 rings (SSSR count). The lowest BCUT2D eigenvalue weighted by molar-refractivity contribution is -0.123. The molecule has 1 aliphatic rings. The molecule has 1 aromatic heterocycles. The molecule has 0 spiro atoms. The number of imide groups is 1. The van der Waals surface area contributed by atoms with Crippen molar-refractivity contribution >= 4 is 64.2 Å². The molecule has 0 unspecified atom stereocenters. The van der Waals surface area contributed by atoms with Crippen LogP contribution in [-0.2, 0) is 9.59 Å². The fourth-order valence-corrected chi connectivity index (χ4v) is 3.77. The predicted octanol–water partition coefficient (Wildman–Crippen LogP) is 4.25. The maximum absolute atomic E-state index is 12.5. The Morgan fingerprint density at radius 2 is 2.07 bits per heavy atom. The van der Waals surface area contributed by atoms with Gasteiger partial charge in [-0.15, -0.1) is 0 Å². The van der Waals surface area contributed by atoms with Crippen molar-refractivity contribution in [2.75, 3.05) is 13.1 Å². The van der Waals surface area contributed by atoms with Crippen molar-refractivity contribution in [2.24, 2.45) is 0 Å². The molecule has 0 aliphatic carbocycles. The molecule has 148 valence electrons. The van der Waals surface area contributed by atoms with E-state index in [2.05, 4.69) is 10.3 Å². The largest absolute Gasteiger partial charge is 0.351 e. The second-order valence-electron chi connectivity index (χ2n) is 5.91. The average molecular weight is 448 g/mol. The molecule has 2 aromatic rings. The summed E-state index contributed by atoms with van der Waals surface area (Å²) in [7, 11) is 0. The molecule has 0 radical (unpaired) electrons. The van der Waals surface area contributed by atoms with Gasteiger partial charge < -0.3 is 5.32 Å². The first-order chi connectivity index (χ1) is 13.9. The second kappa shape index (κ2) is 9.73. The topological polar surface area (TPSA) is 79.4 Å². The van der Waals surface area contributed by atoms with Gasteiger partial charge in [0.25, 0.3) is 11.1 Å². The summed E-state index contributed by atoms with van der Waals surface area (Å²) < 4.78 is 0. The van der Waals surface area contributed by atoms with E-state index in [1.54, 1.807) is 48.8 Å². The van der Waals surface area contributed by atoms with Crippen LogP contribution in [0.25, 0.3) is 12.2 Å². The van der Waals surface area contributed by atoms with Crippen LogP contribution in [0.3, 0.4) is 0 Å². The van der Waals surface area contributed by atoms with Gasteiger partial charge in [0.1, 0.15) is 0 Å². The zero-order chi connectivity index (χ0) is 20.8.